The van der Waals surface area contributed by atoms with E-state index in [0.717, 1.165) is 0 Å². The van der Waals surface area contributed by atoms with Crippen molar-refractivity contribution >= 4 is 5.82 Å². The van der Waals surface area contributed by atoms with Gasteiger partial charge < -0.3 is 14.8 Å². The highest BCUT2D eigenvalue weighted by atomic mass is 16.5. The van der Waals surface area contributed by atoms with E-state index in [1.807, 2.05) is 0 Å². The van der Waals surface area contributed by atoms with Gasteiger partial charge in [-0.05, 0) is 12.0 Å². The van der Waals surface area contributed by atoms with E-state index >= 15 is 0 Å². The van der Waals surface area contributed by atoms with Crippen LogP contribution in [0.15, 0.2) is 17.1 Å². The molecule has 1 fully saturated rings. The lowest BCUT2D eigenvalue weighted by Gasteiger charge is -2.18. The van der Waals surface area contributed by atoms with Crippen molar-refractivity contribution in [2.75, 3.05) is 26.1 Å². The lowest BCUT2D eigenvalue weighted by molar-refractivity contribution is -0.0456. The zero-order chi connectivity index (χ0) is 14.0. The monoisotopic (exact) mass is 267 g/mol. The van der Waals surface area contributed by atoms with Crippen LogP contribution >= 0.6 is 0 Å². The molecule has 0 bridgehead atoms. The predicted octanol–water partition coefficient (Wildman–Crippen LogP) is 1.10. The minimum Gasteiger partial charge on any atom is -0.382 e. The summed E-state index contributed by atoms with van der Waals surface area (Å²) in [5.41, 5.74) is -0.297. The van der Waals surface area contributed by atoms with Crippen molar-refractivity contribution in [3.8, 4) is 0 Å². The summed E-state index contributed by atoms with van der Waals surface area (Å²) >= 11 is 0. The SMILES string of the molecule is CNc1ccn([C@@H]2O[C@H](COC)[C@@H](C)C2C)c(=O)n1. The van der Waals surface area contributed by atoms with Gasteiger partial charge in [0.2, 0.25) is 0 Å². The number of hydrogen-bond acceptors (Lipinski definition) is 5. The fourth-order valence-electron chi connectivity index (χ4n) is 2.45. The molecule has 0 saturated carbocycles. The summed E-state index contributed by atoms with van der Waals surface area (Å²) in [4.78, 5) is 16.0. The van der Waals surface area contributed by atoms with E-state index in [-0.39, 0.29) is 23.9 Å². The summed E-state index contributed by atoms with van der Waals surface area (Å²) in [5.74, 6) is 1.13. The molecule has 0 amide bonds. The quantitative estimate of drug-likeness (QED) is 0.885. The minimum atomic E-state index is -0.297. The molecule has 2 rings (SSSR count). The maximum Gasteiger partial charge on any atom is 0.351 e. The van der Waals surface area contributed by atoms with Crippen LogP contribution in [0.3, 0.4) is 0 Å². The van der Waals surface area contributed by atoms with Crippen molar-refractivity contribution in [1.29, 1.82) is 0 Å². The van der Waals surface area contributed by atoms with Crippen LogP contribution in [0.2, 0.25) is 0 Å². The Bertz CT molecular complexity index is 488. The van der Waals surface area contributed by atoms with Crippen LogP contribution in [0.25, 0.3) is 0 Å². The summed E-state index contributed by atoms with van der Waals surface area (Å²) < 4.78 is 12.7. The Labute approximate surface area is 112 Å². The Morgan fingerprint density at radius 2 is 2.21 bits per heavy atom. The van der Waals surface area contributed by atoms with Gasteiger partial charge in [-0.25, -0.2) is 4.79 Å². The smallest absolute Gasteiger partial charge is 0.351 e. The highest BCUT2D eigenvalue weighted by Gasteiger charge is 2.40. The topological polar surface area (TPSA) is 65.4 Å². The third kappa shape index (κ3) is 2.64. The van der Waals surface area contributed by atoms with Gasteiger partial charge in [-0.15, -0.1) is 0 Å². The summed E-state index contributed by atoms with van der Waals surface area (Å²) in [7, 11) is 3.39. The molecule has 19 heavy (non-hydrogen) atoms. The van der Waals surface area contributed by atoms with Gasteiger partial charge >= 0.3 is 5.69 Å². The van der Waals surface area contributed by atoms with Crippen LogP contribution in [0, 0.1) is 11.8 Å². The first-order valence-electron chi connectivity index (χ1n) is 6.49. The van der Waals surface area contributed by atoms with Gasteiger partial charge in [0.05, 0.1) is 12.7 Å². The predicted molar refractivity (Wildman–Crippen MR) is 72.2 cm³/mol. The van der Waals surface area contributed by atoms with E-state index in [4.69, 9.17) is 9.47 Å². The molecule has 1 unspecified atom stereocenters. The van der Waals surface area contributed by atoms with Gasteiger partial charge in [0.25, 0.3) is 0 Å². The van der Waals surface area contributed by atoms with Gasteiger partial charge in [-0.1, -0.05) is 13.8 Å². The van der Waals surface area contributed by atoms with E-state index in [1.165, 1.54) is 0 Å². The summed E-state index contributed by atoms with van der Waals surface area (Å²) in [6.45, 7) is 4.75. The fraction of sp³-hybridized carbons (Fsp3) is 0.692. The fourth-order valence-corrected chi connectivity index (χ4v) is 2.45. The first-order valence-corrected chi connectivity index (χ1v) is 6.49. The first kappa shape index (κ1) is 14.0. The molecule has 4 atom stereocenters. The van der Waals surface area contributed by atoms with Crippen LogP contribution in [0.5, 0.6) is 0 Å². The van der Waals surface area contributed by atoms with Crippen LogP contribution in [-0.4, -0.2) is 36.4 Å². The van der Waals surface area contributed by atoms with Gasteiger partial charge in [-0.3, -0.25) is 4.57 Å². The molecule has 0 aromatic carbocycles. The molecule has 1 aliphatic heterocycles. The van der Waals surface area contributed by atoms with E-state index in [0.29, 0.717) is 18.3 Å². The van der Waals surface area contributed by atoms with Crippen LogP contribution < -0.4 is 11.0 Å². The Hall–Kier alpha value is -1.40. The standard InChI is InChI=1S/C13H21N3O3/c1-8-9(2)12(19-10(8)7-18-4)16-6-5-11(14-3)15-13(16)17/h5-6,8-10,12H,7H2,1-4H3,(H,14,15,17)/t8-,9?,10+,12+/m0/s1. The average Bonchev–Trinajstić information content (AvgIpc) is 2.67. The van der Waals surface area contributed by atoms with Crippen molar-refractivity contribution in [2.24, 2.45) is 11.8 Å². The molecule has 1 aromatic rings. The van der Waals surface area contributed by atoms with E-state index in [9.17, 15) is 4.79 Å². The average molecular weight is 267 g/mol. The molecular weight excluding hydrogens is 246 g/mol. The Morgan fingerprint density at radius 3 is 2.79 bits per heavy atom. The molecular formula is C13H21N3O3. The second-order valence-electron chi connectivity index (χ2n) is 4.99. The summed E-state index contributed by atoms with van der Waals surface area (Å²) in [6, 6.07) is 1.77. The number of nitrogens with one attached hydrogen (secondary N) is 1. The molecule has 1 saturated heterocycles. The number of nitrogens with zero attached hydrogens (tertiary/aromatic N) is 2. The highest BCUT2D eigenvalue weighted by molar-refractivity contribution is 5.30. The van der Waals surface area contributed by atoms with Crippen LogP contribution in [-0.2, 0) is 9.47 Å². The number of ether oxygens (including phenoxy) is 2. The third-order valence-corrected chi connectivity index (χ3v) is 3.87. The zero-order valence-corrected chi connectivity index (χ0v) is 11.8. The molecule has 1 N–H and O–H groups in total. The van der Waals surface area contributed by atoms with Crippen molar-refractivity contribution in [3.05, 3.63) is 22.7 Å². The van der Waals surface area contributed by atoms with E-state index in [2.05, 4.69) is 24.1 Å². The normalized spacial score (nSPS) is 30.5. The lowest BCUT2D eigenvalue weighted by atomic mass is 9.93. The largest absolute Gasteiger partial charge is 0.382 e. The van der Waals surface area contributed by atoms with Gasteiger partial charge in [-0.2, -0.15) is 4.98 Å². The second kappa shape index (κ2) is 5.71. The van der Waals surface area contributed by atoms with Gasteiger partial charge in [0.1, 0.15) is 12.0 Å². The summed E-state index contributed by atoms with van der Waals surface area (Å²) in [6.07, 6.45) is 1.46. The maximum absolute atomic E-state index is 12.0. The molecule has 0 spiro atoms. The molecule has 0 aliphatic carbocycles. The Balaban J connectivity index is 2.25. The van der Waals surface area contributed by atoms with Crippen molar-refractivity contribution in [2.45, 2.75) is 26.2 Å². The number of anilines is 1. The van der Waals surface area contributed by atoms with E-state index < -0.39 is 0 Å². The Kier molecular flexibility index (Phi) is 4.21. The molecule has 0 radical (unpaired) electrons. The number of rotatable bonds is 4. The van der Waals surface area contributed by atoms with Crippen molar-refractivity contribution < 1.29 is 9.47 Å². The molecule has 1 aromatic heterocycles. The van der Waals surface area contributed by atoms with Gasteiger partial charge in [0.15, 0.2) is 0 Å². The molecule has 1 aliphatic rings. The first-order chi connectivity index (χ1) is 9.08. The maximum atomic E-state index is 12.0. The number of aromatic nitrogens is 2. The highest BCUT2D eigenvalue weighted by Crippen LogP contribution is 2.38. The van der Waals surface area contributed by atoms with Crippen molar-refractivity contribution in [1.82, 2.24) is 9.55 Å². The second-order valence-corrected chi connectivity index (χ2v) is 4.99. The number of methoxy groups -OCH3 is 1. The Morgan fingerprint density at radius 1 is 1.47 bits per heavy atom. The van der Waals surface area contributed by atoms with Crippen LogP contribution in [0.1, 0.15) is 20.1 Å². The summed E-state index contributed by atoms with van der Waals surface area (Å²) in [5, 5.41) is 2.85. The van der Waals surface area contributed by atoms with Crippen LogP contribution in [0.4, 0.5) is 5.82 Å². The molecule has 106 valence electrons. The lowest BCUT2D eigenvalue weighted by Crippen LogP contribution is -2.29. The number of hydrogen-bond donors (Lipinski definition) is 1. The third-order valence-electron chi connectivity index (χ3n) is 3.87. The van der Waals surface area contributed by atoms with E-state index in [1.54, 1.807) is 31.0 Å². The molecule has 6 nitrogen and oxygen atoms in total. The minimum absolute atomic E-state index is 0.0147. The molecule has 2 heterocycles. The van der Waals surface area contributed by atoms with Crippen molar-refractivity contribution in [3.63, 3.8) is 0 Å². The zero-order valence-electron chi connectivity index (χ0n) is 11.8. The molecule has 6 heteroatoms. The van der Waals surface area contributed by atoms with Gasteiger partial charge in [0, 0.05) is 26.3 Å².